The topological polar surface area (TPSA) is 43.3 Å². The number of rotatable bonds is 8. The van der Waals surface area contributed by atoms with E-state index in [1.807, 2.05) is 13.8 Å². The normalized spacial score (nSPS) is 12.1. The van der Waals surface area contributed by atoms with Gasteiger partial charge >= 0.3 is 6.18 Å². The molecule has 0 fully saturated rings. The molecule has 21 heavy (non-hydrogen) atoms. The number of hydrogen-bond donors (Lipinski definition) is 1. The Hall–Kier alpha value is -1.34. The van der Waals surface area contributed by atoms with E-state index >= 15 is 0 Å². The van der Waals surface area contributed by atoms with Crippen LogP contribution in [0.3, 0.4) is 0 Å². The quantitative estimate of drug-likeness (QED) is 0.749. The molecule has 0 aliphatic heterocycles. The van der Waals surface area contributed by atoms with Gasteiger partial charge in [-0.15, -0.1) is 0 Å². The van der Waals surface area contributed by atoms with Crippen LogP contribution in [0.5, 0.6) is 0 Å². The van der Waals surface area contributed by atoms with Crippen molar-refractivity contribution < 1.29 is 17.9 Å². The lowest BCUT2D eigenvalue weighted by Gasteiger charge is -2.11. The summed E-state index contributed by atoms with van der Waals surface area (Å²) in [6.07, 6.45) is -2.58. The average molecular weight is 306 g/mol. The van der Waals surface area contributed by atoms with E-state index in [1.54, 1.807) is 0 Å². The van der Waals surface area contributed by atoms with E-state index < -0.39 is 17.3 Å². The van der Waals surface area contributed by atoms with Gasteiger partial charge in [-0.05, 0) is 32.9 Å². The molecule has 1 rings (SSSR count). The number of nitrogens with zero attached hydrogens (tertiary/aromatic N) is 1. The Bertz CT molecular complexity index is 484. The summed E-state index contributed by atoms with van der Waals surface area (Å²) >= 11 is 0. The van der Waals surface area contributed by atoms with Gasteiger partial charge in [-0.3, -0.25) is 4.79 Å². The number of nitrogens with one attached hydrogen (secondary N) is 1. The minimum absolute atomic E-state index is 0.189. The zero-order valence-electron chi connectivity index (χ0n) is 12.2. The minimum Gasteiger partial charge on any atom is -0.379 e. The number of aromatic nitrogens is 1. The summed E-state index contributed by atoms with van der Waals surface area (Å²) in [6, 6.07) is 1.74. The zero-order valence-corrected chi connectivity index (χ0v) is 12.2. The molecule has 1 heterocycles. The van der Waals surface area contributed by atoms with Gasteiger partial charge in [0, 0.05) is 32.0 Å². The van der Waals surface area contributed by atoms with Gasteiger partial charge in [-0.25, -0.2) is 0 Å². The predicted octanol–water partition coefficient (Wildman–Crippen LogP) is 2.27. The maximum atomic E-state index is 12.5. The Morgan fingerprint density at radius 1 is 1.29 bits per heavy atom. The van der Waals surface area contributed by atoms with Crippen LogP contribution in [0.25, 0.3) is 0 Å². The summed E-state index contributed by atoms with van der Waals surface area (Å²) in [5.41, 5.74) is -1.25. The number of halogens is 3. The first-order valence-corrected chi connectivity index (χ1v) is 6.90. The first-order valence-electron chi connectivity index (χ1n) is 6.90. The molecular weight excluding hydrogens is 285 g/mol. The molecule has 7 heteroatoms. The predicted molar refractivity (Wildman–Crippen MR) is 74.3 cm³/mol. The zero-order chi connectivity index (χ0) is 15.9. The van der Waals surface area contributed by atoms with Crippen molar-refractivity contribution in [3.05, 3.63) is 34.2 Å². The molecule has 0 saturated heterocycles. The van der Waals surface area contributed by atoms with Crippen molar-refractivity contribution >= 4 is 0 Å². The summed E-state index contributed by atoms with van der Waals surface area (Å²) in [4.78, 5) is 11.5. The second kappa shape index (κ2) is 8.19. The fourth-order valence-corrected chi connectivity index (χ4v) is 1.71. The van der Waals surface area contributed by atoms with Gasteiger partial charge in [0.2, 0.25) is 0 Å². The fraction of sp³-hybridized carbons (Fsp3) is 0.643. The Morgan fingerprint density at radius 3 is 2.62 bits per heavy atom. The van der Waals surface area contributed by atoms with Crippen molar-refractivity contribution in [3.63, 3.8) is 0 Å². The Labute approximate surface area is 121 Å². The first kappa shape index (κ1) is 17.7. The highest BCUT2D eigenvalue weighted by Gasteiger charge is 2.30. The molecule has 0 aliphatic carbocycles. The Balaban J connectivity index is 2.37. The first-order chi connectivity index (χ1) is 9.80. The van der Waals surface area contributed by atoms with Crippen molar-refractivity contribution in [2.75, 3.05) is 19.7 Å². The molecule has 0 atom stereocenters. The third kappa shape index (κ3) is 6.77. The molecule has 0 radical (unpaired) electrons. The van der Waals surface area contributed by atoms with Gasteiger partial charge in [0.25, 0.3) is 5.56 Å². The SMILES string of the molecule is CC(C)OCCCNCCn1cc(C(F)(F)F)ccc1=O. The van der Waals surface area contributed by atoms with Gasteiger partial charge in [0.1, 0.15) is 0 Å². The standard InChI is InChI=1S/C14H21F3N2O2/c1-11(2)21-9-3-6-18-7-8-19-10-12(14(15,16)17)4-5-13(19)20/h4-5,10-11,18H,3,6-9H2,1-2H3. The molecule has 0 aromatic carbocycles. The van der Waals surface area contributed by atoms with Gasteiger partial charge in [0.05, 0.1) is 11.7 Å². The van der Waals surface area contributed by atoms with Crippen LogP contribution >= 0.6 is 0 Å². The van der Waals surface area contributed by atoms with Crippen LogP contribution in [-0.4, -0.2) is 30.4 Å². The lowest BCUT2D eigenvalue weighted by molar-refractivity contribution is -0.138. The van der Waals surface area contributed by atoms with Crippen LogP contribution < -0.4 is 10.9 Å². The molecule has 1 aromatic heterocycles. The molecule has 1 N–H and O–H groups in total. The highest BCUT2D eigenvalue weighted by Crippen LogP contribution is 2.27. The third-order valence-corrected chi connectivity index (χ3v) is 2.79. The van der Waals surface area contributed by atoms with E-state index in [0.29, 0.717) is 19.7 Å². The number of pyridine rings is 1. The molecule has 4 nitrogen and oxygen atoms in total. The molecular formula is C14H21F3N2O2. The highest BCUT2D eigenvalue weighted by atomic mass is 19.4. The van der Waals surface area contributed by atoms with Crippen molar-refractivity contribution in [2.24, 2.45) is 0 Å². The van der Waals surface area contributed by atoms with Crippen LogP contribution in [0.15, 0.2) is 23.1 Å². The summed E-state index contributed by atoms with van der Waals surface area (Å²) in [5.74, 6) is 0. The Morgan fingerprint density at radius 2 is 2.00 bits per heavy atom. The van der Waals surface area contributed by atoms with E-state index in [9.17, 15) is 18.0 Å². The van der Waals surface area contributed by atoms with Crippen molar-refractivity contribution in [1.29, 1.82) is 0 Å². The molecule has 0 unspecified atom stereocenters. The van der Waals surface area contributed by atoms with Crippen molar-refractivity contribution in [2.45, 2.75) is 39.1 Å². The summed E-state index contributed by atoms with van der Waals surface area (Å²) < 4.78 is 44.1. The van der Waals surface area contributed by atoms with Crippen LogP contribution in [0.1, 0.15) is 25.8 Å². The molecule has 0 saturated carbocycles. The van der Waals surface area contributed by atoms with E-state index in [4.69, 9.17) is 4.74 Å². The smallest absolute Gasteiger partial charge is 0.379 e. The molecule has 1 aromatic rings. The van der Waals surface area contributed by atoms with E-state index in [-0.39, 0.29) is 12.6 Å². The Kier molecular flexibility index (Phi) is 6.91. The number of ether oxygens (including phenoxy) is 1. The second-order valence-electron chi connectivity index (χ2n) is 4.97. The lowest BCUT2D eigenvalue weighted by Crippen LogP contribution is -2.28. The van der Waals surface area contributed by atoms with Crippen LogP contribution in [0, 0.1) is 0 Å². The highest BCUT2D eigenvalue weighted by molar-refractivity contribution is 5.13. The molecule has 120 valence electrons. The molecule has 0 spiro atoms. The van der Waals surface area contributed by atoms with Crippen LogP contribution in [0.4, 0.5) is 13.2 Å². The summed E-state index contributed by atoms with van der Waals surface area (Å²) in [7, 11) is 0. The van der Waals surface area contributed by atoms with E-state index in [2.05, 4.69) is 5.32 Å². The van der Waals surface area contributed by atoms with Gasteiger partial charge in [0.15, 0.2) is 0 Å². The molecule has 0 aliphatic rings. The number of hydrogen-bond acceptors (Lipinski definition) is 3. The lowest BCUT2D eigenvalue weighted by atomic mass is 10.3. The maximum Gasteiger partial charge on any atom is 0.417 e. The molecule has 0 amide bonds. The monoisotopic (exact) mass is 306 g/mol. The third-order valence-electron chi connectivity index (χ3n) is 2.79. The van der Waals surface area contributed by atoms with Crippen LogP contribution in [0.2, 0.25) is 0 Å². The minimum atomic E-state index is -4.43. The van der Waals surface area contributed by atoms with Crippen LogP contribution in [-0.2, 0) is 17.5 Å². The number of alkyl halides is 3. The van der Waals surface area contributed by atoms with Gasteiger partial charge in [-0.2, -0.15) is 13.2 Å². The molecule has 0 bridgehead atoms. The van der Waals surface area contributed by atoms with E-state index in [0.717, 1.165) is 29.3 Å². The van der Waals surface area contributed by atoms with Crippen molar-refractivity contribution in [1.82, 2.24) is 9.88 Å². The van der Waals surface area contributed by atoms with Gasteiger partial charge < -0.3 is 14.6 Å². The fourth-order valence-electron chi connectivity index (χ4n) is 1.71. The average Bonchev–Trinajstić information content (AvgIpc) is 2.37. The second-order valence-corrected chi connectivity index (χ2v) is 4.97. The van der Waals surface area contributed by atoms with E-state index in [1.165, 1.54) is 0 Å². The van der Waals surface area contributed by atoms with Gasteiger partial charge in [-0.1, -0.05) is 0 Å². The summed E-state index contributed by atoms with van der Waals surface area (Å²) in [5, 5.41) is 3.07. The largest absolute Gasteiger partial charge is 0.417 e. The van der Waals surface area contributed by atoms with Crippen molar-refractivity contribution in [3.8, 4) is 0 Å². The maximum absolute atomic E-state index is 12.5. The summed E-state index contributed by atoms with van der Waals surface area (Å²) in [6.45, 7) is 5.87.